The second-order valence-electron chi connectivity index (χ2n) is 5.32. The summed E-state index contributed by atoms with van der Waals surface area (Å²) in [5, 5.41) is 12.8. The number of carbonyl (C=O) groups is 1. The van der Waals surface area contributed by atoms with Gasteiger partial charge in [0, 0.05) is 11.1 Å². The second-order valence-corrected chi connectivity index (χ2v) is 5.32. The van der Waals surface area contributed by atoms with Crippen molar-refractivity contribution in [3.63, 3.8) is 0 Å². The molecule has 1 aromatic carbocycles. The number of aromatic hydroxyl groups is 1. The minimum atomic E-state index is -0.189. The Labute approximate surface area is 123 Å². The zero-order valence-electron chi connectivity index (χ0n) is 12.2. The summed E-state index contributed by atoms with van der Waals surface area (Å²) >= 11 is 0. The summed E-state index contributed by atoms with van der Waals surface area (Å²) in [5.41, 5.74) is 4.52. The van der Waals surface area contributed by atoms with Gasteiger partial charge in [-0.1, -0.05) is 29.8 Å². The van der Waals surface area contributed by atoms with E-state index in [2.05, 4.69) is 10.3 Å². The summed E-state index contributed by atoms with van der Waals surface area (Å²) < 4.78 is 0. The van der Waals surface area contributed by atoms with Crippen LogP contribution >= 0.6 is 0 Å². The first-order chi connectivity index (χ1) is 9.97. The number of benzene rings is 1. The molecule has 0 saturated heterocycles. The molecule has 2 heterocycles. The van der Waals surface area contributed by atoms with Crippen molar-refractivity contribution in [3.05, 3.63) is 52.2 Å². The van der Waals surface area contributed by atoms with Gasteiger partial charge in [0.1, 0.15) is 11.6 Å². The van der Waals surface area contributed by atoms with Gasteiger partial charge in [-0.2, -0.15) is 0 Å². The number of nitrogens with zero attached hydrogens (tertiary/aromatic N) is 1. The monoisotopic (exact) mass is 280 g/mol. The molecule has 1 aliphatic heterocycles. The summed E-state index contributed by atoms with van der Waals surface area (Å²) in [6.07, 6.45) is 1.82. The number of aromatic nitrogens is 1. The largest absolute Gasteiger partial charge is 0.506 e. The van der Waals surface area contributed by atoms with Crippen LogP contribution in [0.15, 0.2) is 24.3 Å². The maximum atomic E-state index is 12.2. The number of hydrogen-bond donors (Lipinski definition) is 2. The molecule has 0 atom stereocenters. The maximum Gasteiger partial charge on any atom is 0.257 e. The summed E-state index contributed by atoms with van der Waals surface area (Å²) in [7, 11) is 0. The van der Waals surface area contributed by atoms with Crippen LogP contribution in [0.3, 0.4) is 0 Å². The van der Waals surface area contributed by atoms with Crippen LogP contribution in [0.25, 0.3) is 11.6 Å². The van der Waals surface area contributed by atoms with Gasteiger partial charge in [0.05, 0.1) is 11.3 Å². The van der Waals surface area contributed by atoms with Crippen LogP contribution in [0.2, 0.25) is 0 Å². The fourth-order valence-corrected chi connectivity index (χ4v) is 2.52. The minimum Gasteiger partial charge on any atom is -0.506 e. The zero-order valence-corrected chi connectivity index (χ0v) is 12.2. The molecule has 1 aromatic heterocycles. The van der Waals surface area contributed by atoms with E-state index in [-0.39, 0.29) is 11.7 Å². The van der Waals surface area contributed by atoms with Gasteiger partial charge in [-0.3, -0.25) is 4.79 Å². The summed E-state index contributed by atoms with van der Waals surface area (Å²) in [6, 6.07) is 7.92. The first-order valence-corrected chi connectivity index (χ1v) is 6.77. The van der Waals surface area contributed by atoms with Crippen molar-refractivity contribution >= 4 is 23.4 Å². The first kappa shape index (κ1) is 13.4. The number of carbonyl (C=O) groups excluding carboxylic acids is 1. The van der Waals surface area contributed by atoms with E-state index in [0.29, 0.717) is 28.2 Å². The van der Waals surface area contributed by atoms with Crippen molar-refractivity contribution in [2.45, 2.75) is 20.8 Å². The van der Waals surface area contributed by atoms with Gasteiger partial charge in [0.15, 0.2) is 0 Å². The number of hydrogen-bond acceptors (Lipinski definition) is 3. The maximum absolute atomic E-state index is 12.2. The quantitative estimate of drug-likeness (QED) is 0.788. The van der Waals surface area contributed by atoms with Crippen molar-refractivity contribution in [1.82, 2.24) is 4.98 Å². The molecule has 21 heavy (non-hydrogen) atoms. The highest BCUT2D eigenvalue weighted by Crippen LogP contribution is 2.38. The Morgan fingerprint density at radius 3 is 2.48 bits per heavy atom. The predicted molar refractivity (Wildman–Crippen MR) is 83.1 cm³/mol. The van der Waals surface area contributed by atoms with Gasteiger partial charge in [0.25, 0.3) is 5.91 Å². The Balaban J connectivity index is 2.17. The molecule has 0 fully saturated rings. The third-order valence-electron chi connectivity index (χ3n) is 3.72. The normalized spacial score (nSPS) is 15.2. The van der Waals surface area contributed by atoms with E-state index >= 15 is 0 Å². The molecule has 4 heteroatoms. The Hall–Kier alpha value is -2.62. The molecule has 3 rings (SSSR count). The van der Waals surface area contributed by atoms with E-state index < -0.39 is 0 Å². The SMILES string of the molecule is Cc1ccc(C=C2C(=O)Nc3nc(C)c(O)c(C)c32)cc1. The molecule has 1 aliphatic rings. The van der Waals surface area contributed by atoms with Gasteiger partial charge in [-0.05, 0) is 32.4 Å². The molecule has 2 aromatic rings. The number of pyridine rings is 1. The molecular formula is C17H16N2O2. The highest BCUT2D eigenvalue weighted by molar-refractivity contribution is 6.35. The van der Waals surface area contributed by atoms with E-state index in [4.69, 9.17) is 0 Å². The Kier molecular flexibility index (Phi) is 3.01. The molecule has 0 aliphatic carbocycles. The minimum absolute atomic E-state index is 0.139. The first-order valence-electron chi connectivity index (χ1n) is 6.77. The summed E-state index contributed by atoms with van der Waals surface area (Å²) in [6.45, 7) is 5.53. The van der Waals surface area contributed by atoms with Crippen molar-refractivity contribution in [2.75, 3.05) is 5.32 Å². The van der Waals surface area contributed by atoms with Gasteiger partial charge >= 0.3 is 0 Å². The topological polar surface area (TPSA) is 62.2 Å². The molecule has 0 radical (unpaired) electrons. The second kappa shape index (κ2) is 4.74. The van der Waals surface area contributed by atoms with Crippen molar-refractivity contribution in [3.8, 4) is 5.75 Å². The average molecular weight is 280 g/mol. The van der Waals surface area contributed by atoms with E-state index in [1.807, 2.05) is 37.3 Å². The standard InChI is InChI=1S/C17H16N2O2/c1-9-4-6-12(7-5-9)8-13-14-10(2)15(20)11(3)18-16(14)19-17(13)21/h4-8,20H,1-3H3,(H,18,19,21). The third-order valence-corrected chi connectivity index (χ3v) is 3.72. The van der Waals surface area contributed by atoms with Crippen LogP contribution in [0.5, 0.6) is 5.75 Å². The Morgan fingerprint density at radius 2 is 1.81 bits per heavy atom. The van der Waals surface area contributed by atoms with E-state index in [0.717, 1.165) is 5.56 Å². The average Bonchev–Trinajstić information content (AvgIpc) is 2.75. The molecule has 0 spiro atoms. The Bertz CT molecular complexity index is 774. The number of aryl methyl sites for hydroxylation is 2. The molecule has 2 N–H and O–H groups in total. The number of fused-ring (bicyclic) bond motifs is 1. The fourth-order valence-electron chi connectivity index (χ4n) is 2.52. The number of anilines is 1. The van der Waals surface area contributed by atoms with Gasteiger partial charge in [-0.15, -0.1) is 0 Å². The van der Waals surface area contributed by atoms with E-state index in [1.165, 1.54) is 5.56 Å². The Morgan fingerprint density at radius 1 is 1.14 bits per heavy atom. The van der Waals surface area contributed by atoms with Crippen LogP contribution in [0.4, 0.5) is 5.82 Å². The van der Waals surface area contributed by atoms with Crippen LogP contribution in [-0.4, -0.2) is 16.0 Å². The van der Waals surface area contributed by atoms with Crippen molar-refractivity contribution < 1.29 is 9.90 Å². The summed E-state index contributed by atoms with van der Waals surface area (Å²) in [4.78, 5) is 16.4. The molecular weight excluding hydrogens is 264 g/mol. The number of amides is 1. The van der Waals surface area contributed by atoms with Crippen LogP contribution in [0.1, 0.15) is 27.9 Å². The van der Waals surface area contributed by atoms with Crippen LogP contribution < -0.4 is 5.32 Å². The highest BCUT2D eigenvalue weighted by atomic mass is 16.3. The van der Waals surface area contributed by atoms with Crippen molar-refractivity contribution in [1.29, 1.82) is 0 Å². The number of rotatable bonds is 1. The lowest BCUT2D eigenvalue weighted by atomic mass is 10.00. The molecule has 0 bridgehead atoms. The van der Waals surface area contributed by atoms with Crippen LogP contribution in [0, 0.1) is 20.8 Å². The third kappa shape index (κ3) is 2.18. The van der Waals surface area contributed by atoms with Crippen LogP contribution in [-0.2, 0) is 4.79 Å². The molecule has 106 valence electrons. The fraction of sp³-hybridized carbons (Fsp3) is 0.176. The van der Waals surface area contributed by atoms with E-state index in [1.54, 1.807) is 13.8 Å². The lowest BCUT2D eigenvalue weighted by molar-refractivity contribution is -0.110. The van der Waals surface area contributed by atoms with Gasteiger partial charge in [-0.25, -0.2) is 4.98 Å². The molecule has 4 nitrogen and oxygen atoms in total. The number of nitrogens with one attached hydrogen (secondary N) is 1. The molecule has 0 unspecified atom stereocenters. The lowest BCUT2D eigenvalue weighted by Gasteiger charge is -2.08. The van der Waals surface area contributed by atoms with Crippen molar-refractivity contribution in [2.24, 2.45) is 0 Å². The smallest absolute Gasteiger partial charge is 0.257 e. The molecule has 1 amide bonds. The zero-order chi connectivity index (χ0) is 15.1. The molecule has 0 saturated carbocycles. The van der Waals surface area contributed by atoms with Gasteiger partial charge in [0.2, 0.25) is 0 Å². The van der Waals surface area contributed by atoms with E-state index in [9.17, 15) is 9.90 Å². The summed E-state index contributed by atoms with van der Waals surface area (Å²) in [5.74, 6) is 0.470. The predicted octanol–water partition coefficient (Wildman–Crippen LogP) is 3.21. The highest BCUT2D eigenvalue weighted by Gasteiger charge is 2.29. The lowest BCUT2D eigenvalue weighted by Crippen LogP contribution is -2.04. The van der Waals surface area contributed by atoms with Gasteiger partial charge < -0.3 is 10.4 Å².